The van der Waals surface area contributed by atoms with Crippen LogP contribution in [0, 0.1) is 13.8 Å². The summed E-state index contributed by atoms with van der Waals surface area (Å²) < 4.78 is 0. The molecule has 0 aliphatic carbocycles. The van der Waals surface area contributed by atoms with E-state index in [0.717, 1.165) is 6.42 Å². The predicted molar refractivity (Wildman–Crippen MR) is 82.3 cm³/mol. The van der Waals surface area contributed by atoms with E-state index in [-0.39, 0.29) is 6.04 Å². The molecule has 0 aliphatic heterocycles. The van der Waals surface area contributed by atoms with Gasteiger partial charge in [0.15, 0.2) is 0 Å². The number of benzene rings is 2. The van der Waals surface area contributed by atoms with Crippen LogP contribution in [0.2, 0.25) is 0 Å². The van der Waals surface area contributed by atoms with Crippen LogP contribution < -0.4 is 5.73 Å². The molecule has 0 aliphatic rings. The fraction of sp³-hybridized carbons (Fsp3) is 0.333. The summed E-state index contributed by atoms with van der Waals surface area (Å²) in [7, 11) is 0. The average molecular weight is 253 g/mol. The minimum absolute atomic E-state index is 0.0630. The van der Waals surface area contributed by atoms with E-state index < -0.39 is 0 Å². The summed E-state index contributed by atoms with van der Waals surface area (Å²) in [5, 5.41) is 0. The van der Waals surface area contributed by atoms with Crippen LogP contribution in [0.5, 0.6) is 0 Å². The van der Waals surface area contributed by atoms with E-state index in [9.17, 15) is 0 Å². The van der Waals surface area contributed by atoms with E-state index in [0.29, 0.717) is 5.92 Å². The van der Waals surface area contributed by atoms with Gasteiger partial charge < -0.3 is 5.73 Å². The van der Waals surface area contributed by atoms with Crippen molar-refractivity contribution in [1.29, 1.82) is 0 Å². The molecular weight excluding hydrogens is 230 g/mol. The van der Waals surface area contributed by atoms with Gasteiger partial charge in [-0.05, 0) is 37.0 Å². The highest BCUT2D eigenvalue weighted by atomic mass is 14.7. The predicted octanol–water partition coefficient (Wildman–Crippen LogP) is 4.50. The van der Waals surface area contributed by atoms with Crippen LogP contribution in [-0.2, 0) is 0 Å². The second-order valence-corrected chi connectivity index (χ2v) is 5.31. The van der Waals surface area contributed by atoms with E-state index >= 15 is 0 Å². The first-order valence-electron chi connectivity index (χ1n) is 7.01. The molecule has 0 bridgehead atoms. The second-order valence-electron chi connectivity index (χ2n) is 5.31. The van der Waals surface area contributed by atoms with Crippen molar-refractivity contribution in [2.24, 2.45) is 5.73 Å². The first-order valence-corrected chi connectivity index (χ1v) is 7.01. The van der Waals surface area contributed by atoms with Crippen LogP contribution in [0.15, 0.2) is 48.5 Å². The molecule has 2 aromatic rings. The highest BCUT2D eigenvalue weighted by Crippen LogP contribution is 2.33. The van der Waals surface area contributed by atoms with E-state index in [2.05, 4.69) is 69.3 Å². The maximum absolute atomic E-state index is 6.53. The summed E-state index contributed by atoms with van der Waals surface area (Å²) in [6.07, 6.45) is 1.05. The lowest BCUT2D eigenvalue weighted by molar-refractivity contribution is 0.537. The normalized spacial score (nSPS) is 14.1. The molecule has 19 heavy (non-hydrogen) atoms. The van der Waals surface area contributed by atoms with Crippen molar-refractivity contribution in [3.63, 3.8) is 0 Å². The lowest BCUT2D eigenvalue weighted by atomic mass is 9.84. The third kappa shape index (κ3) is 3.05. The summed E-state index contributed by atoms with van der Waals surface area (Å²) in [6, 6.07) is 17.2. The number of hydrogen-bond donors (Lipinski definition) is 1. The van der Waals surface area contributed by atoms with Crippen molar-refractivity contribution in [1.82, 2.24) is 0 Å². The Balaban J connectivity index is 2.33. The fourth-order valence-corrected chi connectivity index (χ4v) is 2.81. The molecule has 0 fully saturated rings. The SMILES string of the molecule is CCC(c1ccccc1)C(N)c1ccc(C)cc1C. The molecule has 1 nitrogen and oxygen atoms in total. The van der Waals surface area contributed by atoms with Gasteiger partial charge in [0.05, 0.1) is 0 Å². The molecule has 0 saturated carbocycles. The third-order valence-corrected chi connectivity index (χ3v) is 3.89. The van der Waals surface area contributed by atoms with Crippen molar-refractivity contribution in [3.8, 4) is 0 Å². The summed E-state index contributed by atoms with van der Waals surface area (Å²) >= 11 is 0. The third-order valence-electron chi connectivity index (χ3n) is 3.89. The Kier molecular flexibility index (Phi) is 4.39. The van der Waals surface area contributed by atoms with E-state index in [4.69, 9.17) is 5.73 Å². The zero-order valence-corrected chi connectivity index (χ0v) is 12.1. The molecule has 0 saturated heterocycles. The monoisotopic (exact) mass is 253 g/mol. The van der Waals surface area contributed by atoms with Crippen molar-refractivity contribution < 1.29 is 0 Å². The summed E-state index contributed by atoms with van der Waals surface area (Å²) in [5.41, 5.74) is 11.7. The van der Waals surface area contributed by atoms with Gasteiger partial charge in [-0.25, -0.2) is 0 Å². The van der Waals surface area contributed by atoms with Gasteiger partial charge in [-0.15, -0.1) is 0 Å². The van der Waals surface area contributed by atoms with E-state index in [1.807, 2.05) is 0 Å². The molecule has 2 unspecified atom stereocenters. The van der Waals surface area contributed by atoms with Crippen LogP contribution in [0.1, 0.15) is 47.6 Å². The van der Waals surface area contributed by atoms with Crippen LogP contribution in [0.4, 0.5) is 0 Å². The molecule has 2 rings (SSSR count). The Morgan fingerprint density at radius 1 is 1.00 bits per heavy atom. The van der Waals surface area contributed by atoms with Gasteiger partial charge in [0.25, 0.3) is 0 Å². The Labute approximate surface area is 116 Å². The maximum atomic E-state index is 6.53. The Bertz CT molecular complexity index is 531. The van der Waals surface area contributed by atoms with Crippen molar-refractivity contribution in [3.05, 3.63) is 70.8 Å². The first-order chi connectivity index (χ1) is 9.13. The second kappa shape index (κ2) is 6.03. The lowest BCUT2D eigenvalue weighted by Gasteiger charge is -2.25. The van der Waals surface area contributed by atoms with E-state index in [1.165, 1.54) is 22.3 Å². The van der Waals surface area contributed by atoms with Crippen molar-refractivity contribution in [2.75, 3.05) is 0 Å². The smallest absolute Gasteiger partial charge is 0.0367 e. The summed E-state index contributed by atoms with van der Waals surface area (Å²) in [4.78, 5) is 0. The topological polar surface area (TPSA) is 26.0 Å². The largest absolute Gasteiger partial charge is 0.323 e. The zero-order valence-electron chi connectivity index (χ0n) is 12.1. The zero-order chi connectivity index (χ0) is 13.8. The van der Waals surface area contributed by atoms with Crippen LogP contribution >= 0.6 is 0 Å². The standard InChI is InChI=1S/C18H23N/c1-4-16(15-8-6-5-7-9-15)18(19)17-11-10-13(2)12-14(17)3/h5-12,16,18H,4,19H2,1-3H3. The molecule has 0 spiro atoms. The Hall–Kier alpha value is -1.60. The van der Waals surface area contributed by atoms with Crippen LogP contribution in [0.3, 0.4) is 0 Å². The Morgan fingerprint density at radius 3 is 2.26 bits per heavy atom. The number of hydrogen-bond acceptors (Lipinski definition) is 1. The van der Waals surface area contributed by atoms with Crippen LogP contribution in [0.25, 0.3) is 0 Å². The van der Waals surface area contributed by atoms with Crippen LogP contribution in [-0.4, -0.2) is 0 Å². The molecule has 0 amide bonds. The quantitative estimate of drug-likeness (QED) is 0.853. The Morgan fingerprint density at radius 2 is 1.68 bits per heavy atom. The molecular formula is C18H23N. The molecule has 2 atom stereocenters. The maximum Gasteiger partial charge on any atom is 0.0367 e. The van der Waals surface area contributed by atoms with Crippen molar-refractivity contribution in [2.45, 2.75) is 39.2 Å². The average Bonchev–Trinajstić information content (AvgIpc) is 2.40. The molecule has 0 aromatic heterocycles. The molecule has 0 heterocycles. The van der Waals surface area contributed by atoms with Gasteiger partial charge >= 0.3 is 0 Å². The fourth-order valence-electron chi connectivity index (χ4n) is 2.81. The van der Waals surface area contributed by atoms with Gasteiger partial charge in [-0.3, -0.25) is 0 Å². The van der Waals surface area contributed by atoms with Gasteiger partial charge in [-0.1, -0.05) is 61.0 Å². The molecule has 2 N–H and O–H groups in total. The highest BCUT2D eigenvalue weighted by molar-refractivity contribution is 5.35. The molecule has 2 aromatic carbocycles. The number of aryl methyl sites for hydroxylation is 2. The van der Waals surface area contributed by atoms with Crippen molar-refractivity contribution >= 4 is 0 Å². The highest BCUT2D eigenvalue weighted by Gasteiger charge is 2.20. The van der Waals surface area contributed by atoms with E-state index in [1.54, 1.807) is 0 Å². The van der Waals surface area contributed by atoms with Gasteiger partial charge in [0, 0.05) is 12.0 Å². The molecule has 1 heteroatoms. The number of nitrogens with two attached hydrogens (primary N) is 1. The minimum atomic E-state index is 0.0630. The minimum Gasteiger partial charge on any atom is -0.323 e. The summed E-state index contributed by atoms with van der Waals surface area (Å²) in [5.74, 6) is 0.377. The lowest BCUT2D eigenvalue weighted by Crippen LogP contribution is -2.20. The van der Waals surface area contributed by atoms with Gasteiger partial charge in [0.1, 0.15) is 0 Å². The summed E-state index contributed by atoms with van der Waals surface area (Å²) in [6.45, 7) is 6.48. The molecule has 0 radical (unpaired) electrons. The molecule has 100 valence electrons. The van der Waals surface area contributed by atoms with Gasteiger partial charge in [-0.2, -0.15) is 0 Å². The number of rotatable bonds is 4. The first kappa shape index (κ1) is 13.8. The van der Waals surface area contributed by atoms with Gasteiger partial charge in [0.2, 0.25) is 0 Å².